The molecule has 12 heavy (non-hydrogen) atoms. The summed E-state index contributed by atoms with van der Waals surface area (Å²) in [5, 5.41) is 3.44. The zero-order chi connectivity index (χ0) is 8.55. The molecule has 6 heteroatoms. The molecule has 2 N–H and O–H groups in total. The van der Waals surface area contributed by atoms with Gasteiger partial charge in [0.25, 0.3) is 11.8 Å². The molecule has 5 nitrogen and oxygen atoms in total. The molecular weight excluding hydrogens is 226 g/mol. The molecule has 0 spiro atoms. The van der Waals surface area contributed by atoms with Gasteiger partial charge in [-0.3, -0.25) is 0 Å². The largest absolute Gasteiger partial charge is 0.457 e. The van der Waals surface area contributed by atoms with E-state index in [9.17, 15) is 0 Å². The monoisotopic (exact) mass is 229 g/mol. The average Bonchev–Trinajstić information content (AvgIpc) is 2.58. The Morgan fingerprint density at radius 1 is 1.50 bits per heavy atom. The Bertz CT molecular complexity index is 357. The van der Waals surface area contributed by atoms with Gasteiger partial charge in [-0.15, -0.1) is 0 Å². The van der Waals surface area contributed by atoms with Gasteiger partial charge in [-0.25, -0.2) is 0 Å². The zero-order valence-corrected chi connectivity index (χ0v) is 7.41. The zero-order valence-electron chi connectivity index (χ0n) is 5.82. The van der Waals surface area contributed by atoms with Crippen molar-refractivity contribution in [2.24, 2.45) is 0 Å². The summed E-state index contributed by atoms with van der Waals surface area (Å²) >= 11 is 3.15. The minimum absolute atomic E-state index is 0.113. The van der Waals surface area contributed by atoms with E-state index in [1.165, 1.54) is 6.26 Å². The molecule has 0 aromatic carbocycles. The lowest BCUT2D eigenvalue weighted by Crippen LogP contribution is -1.84. The number of anilines is 1. The first-order valence-corrected chi connectivity index (χ1v) is 3.88. The van der Waals surface area contributed by atoms with E-state index < -0.39 is 0 Å². The van der Waals surface area contributed by atoms with Gasteiger partial charge in [0.1, 0.15) is 6.26 Å². The molecule has 0 unspecified atom stereocenters. The third-order valence-corrected chi connectivity index (χ3v) is 1.67. The summed E-state index contributed by atoms with van der Waals surface area (Å²) in [5.74, 6) is 0.462. The molecule has 0 amide bonds. The Labute approximate surface area is 75.7 Å². The van der Waals surface area contributed by atoms with Gasteiger partial charge in [0, 0.05) is 6.07 Å². The maximum Gasteiger partial charge on any atom is 0.262 e. The topological polar surface area (TPSA) is 78.1 Å². The number of rotatable bonds is 1. The van der Waals surface area contributed by atoms with Crippen molar-refractivity contribution in [1.82, 2.24) is 10.1 Å². The number of nitrogens with two attached hydrogens (primary N) is 1. The molecule has 0 radical (unpaired) electrons. The summed E-state index contributed by atoms with van der Waals surface area (Å²) in [4.78, 5) is 3.81. The van der Waals surface area contributed by atoms with Crippen LogP contribution in [0.5, 0.6) is 0 Å². The molecule has 2 heterocycles. The van der Waals surface area contributed by atoms with Gasteiger partial charge in [-0.1, -0.05) is 0 Å². The summed E-state index contributed by atoms with van der Waals surface area (Å²) in [6.45, 7) is 0. The third-order valence-electron chi connectivity index (χ3n) is 1.26. The molecular formula is C6H4BrN3O2. The van der Waals surface area contributed by atoms with Crippen molar-refractivity contribution in [3.63, 3.8) is 0 Å². The van der Waals surface area contributed by atoms with Gasteiger partial charge >= 0.3 is 0 Å². The van der Waals surface area contributed by atoms with Crippen LogP contribution in [0.1, 0.15) is 0 Å². The molecule has 0 bridgehead atoms. The van der Waals surface area contributed by atoms with Crippen LogP contribution in [0.4, 0.5) is 5.95 Å². The molecule has 2 rings (SSSR count). The number of nitrogens with zero attached hydrogens (tertiary/aromatic N) is 2. The van der Waals surface area contributed by atoms with Crippen molar-refractivity contribution in [3.05, 3.63) is 17.0 Å². The smallest absolute Gasteiger partial charge is 0.262 e. The quantitative estimate of drug-likeness (QED) is 0.805. The Morgan fingerprint density at radius 3 is 2.83 bits per heavy atom. The van der Waals surface area contributed by atoms with Gasteiger partial charge < -0.3 is 14.7 Å². The number of furan rings is 1. The fraction of sp³-hybridized carbons (Fsp3) is 0. The fourth-order valence-corrected chi connectivity index (χ4v) is 1.11. The standard InChI is InChI=1S/C6H4BrN3O2/c7-4-1-3(2-11-4)5-9-6(8)10-12-5/h1-2H,(H2,8,10). The van der Waals surface area contributed by atoms with Gasteiger partial charge in [-0.2, -0.15) is 4.98 Å². The molecule has 0 fully saturated rings. The number of hydrogen-bond donors (Lipinski definition) is 1. The van der Waals surface area contributed by atoms with Gasteiger partial charge in [0.2, 0.25) is 0 Å². The Balaban J connectivity index is 2.43. The molecule has 0 aliphatic carbocycles. The van der Waals surface area contributed by atoms with E-state index in [0.717, 1.165) is 0 Å². The summed E-state index contributed by atoms with van der Waals surface area (Å²) in [6, 6.07) is 1.72. The Morgan fingerprint density at radius 2 is 2.33 bits per heavy atom. The highest BCUT2D eigenvalue weighted by molar-refractivity contribution is 9.10. The molecule has 0 saturated carbocycles. The van der Waals surface area contributed by atoms with E-state index in [1.54, 1.807) is 6.07 Å². The van der Waals surface area contributed by atoms with Crippen molar-refractivity contribution < 1.29 is 8.94 Å². The SMILES string of the molecule is Nc1noc(-c2coc(Br)c2)n1. The number of aromatic nitrogens is 2. The average molecular weight is 230 g/mol. The highest BCUT2D eigenvalue weighted by Crippen LogP contribution is 2.23. The van der Waals surface area contributed by atoms with E-state index in [2.05, 4.69) is 26.1 Å². The first-order valence-electron chi connectivity index (χ1n) is 3.09. The molecule has 62 valence electrons. The fourth-order valence-electron chi connectivity index (χ4n) is 0.774. The van der Waals surface area contributed by atoms with Crippen LogP contribution in [0.25, 0.3) is 11.5 Å². The highest BCUT2D eigenvalue weighted by atomic mass is 79.9. The lowest BCUT2D eigenvalue weighted by atomic mass is 10.3. The predicted molar refractivity (Wildman–Crippen MR) is 44.1 cm³/mol. The van der Waals surface area contributed by atoms with E-state index >= 15 is 0 Å². The van der Waals surface area contributed by atoms with Crippen molar-refractivity contribution in [2.45, 2.75) is 0 Å². The van der Waals surface area contributed by atoms with Crippen LogP contribution in [-0.4, -0.2) is 10.1 Å². The third kappa shape index (κ3) is 1.20. The molecule has 0 aliphatic heterocycles. The van der Waals surface area contributed by atoms with Crippen molar-refractivity contribution in [1.29, 1.82) is 0 Å². The van der Waals surface area contributed by atoms with Crippen LogP contribution in [0.3, 0.4) is 0 Å². The van der Waals surface area contributed by atoms with Crippen molar-refractivity contribution in [2.75, 3.05) is 5.73 Å². The Kier molecular flexibility index (Phi) is 1.61. The summed E-state index contributed by atoms with van der Waals surface area (Å²) < 4.78 is 10.4. The lowest BCUT2D eigenvalue weighted by Gasteiger charge is -1.79. The van der Waals surface area contributed by atoms with Crippen molar-refractivity contribution in [3.8, 4) is 11.5 Å². The predicted octanol–water partition coefficient (Wildman–Crippen LogP) is 1.67. The van der Waals surface area contributed by atoms with Crippen LogP contribution < -0.4 is 5.73 Å². The minimum Gasteiger partial charge on any atom is -0.457 e. The lowest BCUT2D eigenvalue weighted by molar-refractivity contribution is 0.432. The van der Waals surface area contributed by atoms with Crippen LogP contribution in [0, 0.1) is 0 Å². The normalized spacial score (nSPS) is 10.4. The van der Waals surface area contributed by atoms with Crippen LogP contribution in [-0.2, 0) is 0 Å². The van der Waals surface area contributed by atoms with E-state index in [0.29, 0.717) is 16.1 Å². The second-order valence-corrected chi connectivity index (χ2v) is 2.88. The number of hydrogen-bond acceptors (Lipinski definition) is 5. The van der Waals surface area contributed by atoms with Crippen LogP contribution in [0.2, 0.25) is 0 Å². The summed E-state index contributed by atoms with van der Waals surface area (Å²) in [7, 11) is 0. The van der Waals surface area contributed by atoms with E-state index in [4.69, 9.17) is 14.7 Å². The second kappa shape index (κ2) is 2.63. The summed E-state index contributed by atoms with van der Waals surface area (Å²) in [6.07, 6.45) is 1.50. The molecule has 2 aromatic heterocycles. The van der Waals surface area contributed by atoms with Crippen molar-refractivity contribution >= 4 is 21.9 Å². The first kappa shape index (κ1) is 7.35. The Hall–Kier alpha value is -1.30. The maximum absolute atomic E-state index is 5.26. The van der Waals surface area contributed by atoms with Gasteiger partial charge in [0.05, 0.1) is 5.56 Å². The molecule has 0 saturated heterocycles. The van der Waals surface area contributed by atoms with Gasteiger partial charge in [-0.05, 0) is 21.1 Å². The molecule has 0 atom stereocenters. The van der Waals surface area contributed by atoms with E-state index in [-0.39, 0.29) is 5.95 Å². The first-order chi connectivity index (χ1) is 5.75. The second-order valence-electron chi connectivity index (χ2n) is 2.10. The van der Waals surface area contributed by atoms with Gasteiger partial charge in [0.15, 0.2) is 4.67 Å². The molecule has 2 aromatic rings. The number of halogens is 1. The van der Waals surface area contributed by atoms with Crippen LogP contribution >= 0.6 is 15.9 Å². The molecule has 0 aliphatic rings. The van der Waals surface area contributed by atoms with E-state index in [1.807, 2.05) is 0 Å². The highest BCUT2D eigenvalue weighted by Gasteiger charge is 2.08. The summed E-state index contributed by atoms with van der Waals surface area (Å²) in [5.41, 5.74) is 5.96. The van der Waals surface area contributed by atoms with Crippen LogP contribution in [0.15, 0.2) is 25.9 Å². The minimum atomic E-state index is 0.113. The maximum atomic E-state index is 5.26. The number of nitrogen functional groups attached to an aromatic ring is 1.